The summed E-state index contributed by atoms with van der Waals surface area (Å²) in [5.41, 5.74) is 0. The average molecular weight is 238 g/mol. The molecule has 0 N–H and O–H groups in total. The first-order chi connectivity index (χ1) is 8.11. The Kier molecular flexibility index (Phi) is 3.54. The third-order valence-electron chi connectivity index (χ3n) is 2.56. The topological polar surface area (TPSA) is 36.9 Å². The van der Waals surface area contributed by atoms with Gasteiger partial charge in [0.2, 0.25) is 0 Å². The van der Waals surface area contributed by atoms with Crippen LogP contribution in [0.15, 0.2) is 24.3 Å². The molecular formula is C13H18O4. The quantitative estimate of drug-likeness (QED) is 0.806. The lowest BCUT2D eigenvalue weighted by Gasteiger charge is -2.17. The van der Waals surface area contributed by atoms with Crippen LogP contribution >= 0.6 is 0 Å². The summed E-state index contributed by atoms with van der Waals surface area (Å²) < 4.78 is 22.0. The number of hydrogen-bond donors (Lipinski definition) is 0. The van der Waals surface area contributed by atoms with E-state index in [1.165, 1.54) is 0 Å². The predicted octanol–water partition coefficient (Wildman–Crippen LogP) is 2.23. The van der Waals surface area contributed by atoms with Gasteiger partial charge in [-0.1, -0.05) is 12.1 Å². The van der Waals surface area contributed by atoms with Crippen molar-refractivity contribution >= 4 is 0 Å². The Hall–Kier alpha value is -1.26. The smallest absolute Gasteiger partial charge is 0.163 e. The third kappa shape index (κ3) is 3.11. The number of ether oxygens (including phenoxy) is 4. The molecule has 1 heterocycles. The number of hydrogen-bond acceptors (Lipinski definition) is 4. The minimum atomic E-state index is -0.505. The summed E-state index contributed by atoms with van der Waals surface area (Å²) in [4.78, 5) is 0. The van der Waals surface area contributed by atoms with Crippen molar-refractivity contribution in [3.05, 3.63) is 24.3 Å². The van der Waals surface area contributed by atoms with Crippen LogP contribution in [0.3, 0.4) is 0 Å². The molecule has 0 amide bonds. The number of rotatable bonds is 4. The standard InChI is InChI=1S/C13H18O4/c1-13(2)16-9-10(17-13)8-15-12-7-5-4-6-11(12)14-3/h4-7,10H,8-9H2,1-3H3. The molecule has 1 aliphatic heterocycles. The van der Waals surface area contributed by atoms with E-state index in [-0.39, 0.29) is 6.10 Å². The molecule has 1 aromatic rings. The Morgan fingerprint density at radius 2 is 2.00 bits per heavy atom. The molecule has 0 aromatic heterocycles. The van der Waals surface area contributed by atoms with Crippen LogP contribution in [0, 0.1) is 0 Å². The van der Waals surface area contributed by atoms with E-state index in [4.69, 9.17) is 18.9 Å². The molecule has 4 nitrogen and oxygen atoms in total. The minimum Gasteiger partial charge on any atom is -0.493 e. The minimum absolute atomic E-state index is 0.0325. The highest BCUT2D eigenvalue weighted by Crippen LogP contribution is 2.27. The predicted molar refractivity (Wildman–Crippen MR) is 63.4 cm³/mol. The van der Waals surface area contributed by atoms with Crippen molar-refractivity contribution in [1.82, 2.24) is 0 Å². The van der Waals surface area contributed by atoms with Crippen LogP contribution in [0.5, 0.6) is 11.5 Å². The van der Waals surface area contributed by atoms with Gasteiger partial charge in [0.25, 0.3) is 0 Å². The van der Waals surface area contributed by atoms with Crippen molar-refractivity contribution in [2.24, 2.45) is 0 Å². The molecule has 2 rings (SSSR count). The van der Waals surface area contributed by atoms with E-state index in [9.17, 15) is 0 Å². The fraction of sp³-hybridized carbons (Fsp3) is 0.538. The first kappa shape index (κ1) is 12.2. The molecule has 1 fully saturated rings. The maximum absolute atomic E-state index is 5.68. The summed E-state index contributed by atoms with van der Waals surface area (Å²) in [5.74, 6) is 0.948. The first-order valence-electron chi connectivity index (χ1n) is 5.68. The van der Waals surface area contributed by atoms with Gasteiger partial charge in [0.1, 0.15) is 12.7 Å². The fourth-order valence-electron chi connectivity index (χ4n) is 1.77. The van der Waals surface area contributed by atoms with Gasteiger partial charge in [-0.15, -0.1) is 0 Å². The van der Waals surface area contributed by atoms with E-state index in [1.807, 2.05) is 38.1 Å². The largest absolute Gasteiger partial charge is 0.493 e. The maximum atomic E-state index is 5.68. The Morgan fingerprint density at radius 1 is 1.29 bits per heavy atom. The van der Waals surface area contributed by atoms with Gasteiger partial charge in [-0.2, -0.15) is 0 Å². The summed E-state index contributed by atoms with van der Waals surface area (Å²) in [6.45, 7) is 4.82. The van der Waals surface area contributed by atoms with Crippen LogP contribution in [-0.4, -0.2) is 32.2 Å². The normalized spacial score (nSPS) is 22.4. The van der Waals surface area contributed by atoms with E-state index in [2.05, 4.69) is 0 Å². The van der Waals surface area contributed by atoms with Gasteiger partial charge < -0.3 is 18.9 Å². The van der Waals surface area contributed by atoms with Gasteiger partial charge in [-0.3, -0.25) is 0 Å². The number of benzene rings is 1. The van der Waals surface area contributed by atoms with Crippen LogP contribution in [0.4, 0.5) is 0 Å². The lowest BCUT2D eigenvalue weighted by atomic mass is 10.3. The average Bonchev–Trinajstić information content (AvgIpc) is 2.67. The monoisotopic (exact) mass is 238 g/mol. The van der Waals surface area contributed by atoms with E-state index in [0.717, 1.165) is 11.5 Å². The zero-order chi connectivity index (χ0) is 12.3. The lowest BCUT2D eigenvalue weighted by molar-refractivity contribution is -0.141. The van der Waals surface area contributed by atoms with Crippen molar-refractivity contribution in [3.63, 3.8) is 0 Å². The van der Waals surface area contributed by atoms with Crippen LogP contribution < -0.4 is 9.47 Å². The highest BCUT2D eigenvalue weighted by molar-refractivity contribution is 5.39. The molecule has 1 aliphatic rings. The molecular weight excluding hydrogens is 220 g/mol. The van der Waals surface area contributed by atoms with Gasteiger partial charge in [-0.05, 0) is 26.0 Å². The number of para-hydroxylation sites is 2. The van der Waals surface area contributed by atoms with Gasteiger partial charge in [0.15, 0.2) is 17.3 Å². The van der Waals surface area contributed by atoms with Gasteiger partial charge in [0.05, 0.1) is 13.7 Å². The Bertz CT molecular complexity index is 375. The second-order valence-corrected chi connectivity index (χ2v) is 4.41. The fourth-order valence-corrected chi connectivity index (χ4v) is 1.77. The van der Waals surface area contributed by atoms with E-state index in [0.29, 0.717) is 13.2 Å². The molecule has 1 aromatic carbocycles. The lowest BCUT2D eigenvalue weighted by Crippen LogP contribution is -2.25. The molecule has 17 heavy (non-hydrogen) atoms. The molecule has 0 aliphatic carbocycles. The van der Waals surface area contributed by atoms with E-state index >= 15 is 0 Å². The van der Waals surface area contributed by atoms with Crippen molar-refractivity contribution in [3.8, 4) is 11.5 Å². The van der Waals surface area contributed by atoms with Crippen molar-refractivity contribution < 1.29 is 18.9 Å². The van der Waals surface area contributed by atoms with Crippen molar-refractivity contribution in [2.45, 2.75) is 25.7 Å². The highest BCUT2D eigenvalue weighted by Gasteiger charge is 2.33. The number of methoxy groups -OCH3 is 1. The second kappa shape index (κ2) is 4.94. The summed E-state index contributed by atoms with van der Waals surface area (Å²) in [6, 6.07) is 7.56. The molecule has 1 unspecified atom stereocenters. The molecule has 0 bridgehead atoms. The summed E-state index contributed by atoms with van der Waals surface area (Å²) in [5, 5.41) is 0. The van der Waals surface area contributed by atoms with Crippen LogP contribution in [0.1, 0.15) is 13.8 Å². The Morgan fingerprint density at radius 3 is 2.59 bits per heavy atom. The molecule has 4 heteroatoms. The SMILES string of the molecule is COc1ccccc1OCC1COC(C)(C)O1. The van der Waals surface area contributed by atoms with Gasteiger partial charge >= 0.3 is 0 Å². The maximum Gasteiger partial charge on any atom is 0.163 e. The van der Waals surface area contributed by atoms with E-state index < -0.39 is 5.79 Å². The molecule has 0 spiro atoms. The summed E-state index contributed by atoms with van der Waals surface area (Å²) >= 11 is 0. The Balaban J connectivity index is 1.90. The van der Waals surface area contributed by atoms with Gasteiger partial charge in [0, 0.05) is 0 Å². The highest BCUT2D eigenvalue weighted by atomic mass is 16.7. The van der Waals surface area contributed by atoms with Crippen LogP contribution in [0.2, 0.25) is 0 Å². The van der Waals surface area contributed by atoms with Crippen LogP contribution in [0.25, 0.3) is 0 Å². The summed E-state index contributed by atoms with van der Waals surface area (Å²) in [6.07, 6.45) is -0.0325. The van der Waals surface area contributed by atoms with Crippen molar-refractivity contribution in [2.75, 3.05) is 20.3 Å². The van der Waals surface area contributed by atoms with Crippen LogP contribution in [-0.2, 0) is 9.47 Å². The zero-order valence-corrected chi connectivity index (χ0v) is 10.4. The molecule has 0 saturated carbocycles. The second-order valence-electron chi connectivity index (χ2n) is 4.41. The van der Waals surface area contributed by atoms with E-state index in [1.54, 1.807) is 7.11 Å². The Labute approximate surface area is 101 Å². The third-order valence-corrected chi connectivity index (χ3v) is 2.56. The molecule has 0 radical (unpaired) electrons. The molecule has 94 valence electrons. The zero-order valence-electron chi connectivity index (χ0n) is 10.4. The molecule has 1 saturated heterocycles. The molecule has 1 atom stereocenters. The summed E-state index contributed by atoms with van der Waals surface area (Å²) in [7, 11) is 1.63. The van der Waals surface area contributed by atoms with Crippen molar-refractivity contribution in [1.29, 1.82) is 0 Å². The van der Waals surface area contributed by atoms with Gasteiger partial charge in [-0.25, -0.2) is 0 Å². The first-order valence-corrected chi connectivity index (χ1v) is 5.68.